The Labute approximate surface area is 104 Å². The Hall–Kier alpha value is -2.08. The summed E-state index contributed by atoms with van der Waals surface area (Å²) in [4.78, 5) is 4.06. The van der Waals surface area contributed by atoms with Gasteiger partial charge in [-0.1, -0.05) is 6.07 Å². The molecule has 94 valence electrons. The first-order valence-corrected chi connectivity index (χ1v) is 5.85. The molecule has 1 aromatic heterocycles. The summed E-state index contributed by atoms with van der Waals surface area (Å²) in [5.74, 6) is 2.13. The Morgan fingerprint density at radius 3 is 2.83 bits per heavy atom. The van der Waals surface area contributed by atoms with Gasteiger partial charge in [0.05, 0.1) is 19.3 Å². The molecule has 6 nitrogen and oxygen atoms in total. The van der Waals surface area contributed by atoms with Crippen LogP contribution in [0, 0.1) is 0 Å². The molecule has 0 aliphatic carbocycles. The van der Waals surface area contributed by atoms with Crippen LogP contribution in [-0.2, 0) is 0 Å². The number of fused-ring (bicyclic) bond motifs is 1. The van der Waals surface area contributed by atoms with E-state index in [1.807, 2.05) is 18.2 Å². The summed E-state index contributed by atoms with van der Waals surface area (Å²) in [6.07, 6.45) is 2.33. The van der Waals surface area contributed by atoms with E-state index in [-0.39, 0.29) is 6.04 Å². The van der Waals surface area contributed by atoms with Crippen molar-refractivity contribution < 1.29 is 9.47 Å². The minimum absolute atomic E-state index is 0.343. The van der Waals surface area contributed by atoms with E-state index in [9.17, 15) is 0 Å². The van der Waals surface area contributed by atoms with Crippen molar-refractivity contribution in [3.8, 4) is 11.5 Å². The van der Waals surface area contributed by atoms with Crippen molar-refractivity contribution >= 4 is 0 Å². The number of ether oxygens (including phenoxy) is 2. The first kappa shape index (κ1) is 11.0. The predicted octanol–water partition coefficient (Wildman–Crippen LogP) is 1.01. The number of rotatable bonds is 2. The largest absolute Gasteiger partial charge is 0.490 e. The Balaban J connectivity index is 1.92. The van der Waals surface area contributed by atoms with E-state index < -0.39 is 0 Å². The van der Waals surface area contributed by atoms with Gasteiger partial charge in [0.25, 0.3) is 0 Å². The average molecular weight is 246 g/mol. The number of hydrogen-bond donors (Lipinski definition) is 2. The second-order valence-corrected chi connectivity index (χ2v) is 4.11. The molecule has 1 aliphatic heterocycles. The van der Waals surface area contributed by atoms with Crippen molar-refractivity contribution in [3.05, 3.63) is 35.9 Å². The van der Waals surface area contributed by atoms with Crippen molar-refractivity contribution in [3.63, 3.8) is 0 Å². The van der Waals surface area contributed by atoms with E-state index in [2.05, 4.69) is 15.2 Å². The molecule has 0 bridgehead atoms. The molecule has 1 atom stereocenters. The minimum atomic E-state index is -0.343. The van der Waals surface area contributed by atoms with Crippen molar-refractivity contribution in [2.75, 3.05) is 13.2 Å². The maximum Gasteiger partial charge on any atom is 0.161 e. The fourth-order valence-electron chi connectivity index (χ4n) is 1.90. The van der Waals surface area contributed by atoms with E-state index in [4.69, 9.17) is 15.2 Å². The summed E-state index contributed by atoms with van der Waals surface area (Å²) in [6.45, 7) is 1.34. The molecular weight excluding hydrogens is 232 g/mol. The zero-order valence-electron chi connectivity index (χ0n) is 9.80. The molecule has 1 aliphatic rings. The first-order chi connectivity index (χ1) is 8.84. The fourth-order valence-corrected chi connectivity index (χ4v) is 1.90. The maximum atomic E-state index is 6.10. The topological polar surface area (TPSA) is 86.1 Å². The summed E-state index contributed by atoms with van der Waals surface area (Å²) in [6, 6.07) is 5.35. The van der Waals surface area contributed by atoms with Crippen molar-refractivity contribution in [1.82, 2.24) is 15.2 Å². The third-order valence-corrected chi connectivity index (χ3v) is 2.86. The zero-order chi connectivity index (χ0) is 12.4. The molecule has 0 saturated heterocycles. The molecule has 2 aromatic rings. The Morgan fingerprint density at radius 1 is 1.22 bits per heavy atom. The first-order valence-electron chi connectivity index (χ1n) is 5.85. The third kappa shape index (κ3) is 2.02. The summed E-state index contributed by atoms with van der Waals surface area (Å²) in [5, 5.41) is 6.57. The van der Waals surface area contributed by atoms with Gasteiger partial charge in [-0.15, -0.1) is 0 Å². The highest BCUT2D eigenvalue weighted by atomic mass is 16.5. The smallest absolute Gasteiger partial charge is 0.161 e. The summed E-state index contributed by atoms with van der Waals surface area (Å²) < 4.78 is 11.2. The van der Waals surface area contributed by atoms with Crippen LogP contribution in [0.5, 0.6) is 11.5 Å². The Bertz CT molecular complexity index is 527. The minimum Gasteiger partial charge on any atom is -0.490 e. The highest BCUT2D eigenvalue weighted by molar-refractivity contribution is 5.45. The quantitative estimate of drug-likeness (QED) is 0.826. The molecule has 0 amide bonds. The highest BCUT2D eigenvalue weighted by Gasteiger charge is 2.16. The molecule has 1 aromatic carbocycles. The Kier molecular flexibility index (Phi) is 2.85. The van der Waals surface area contributed by atoms with Gasteiger partial charge in [0.1, 0.15) is 12.2 Å². The third-order valence-electron chi connectivity index (χ3n) is 2.86. The molecule has 2 heterocycles. The van der Waals surface area contributed by atoms with E-state index in [1.54, 1.807) is 0 Å². The second-order valence-electron chi connectivity index (χ2n) is 4.11. The average Bonchev–Trinajstić information content (AvgIpc) is 2.83. The summed E-state index contributed by atoms with van der Waals surface area (Å²) in [7, 11) is 0. The number of aromatic nitrogens is 3. The van der Waals surface area contributed by atoms with Crippen LogP contribution < -0.4 is 15.2 Å². The van der Waals surface area contributed by atoms with Gasteiger partial charge >= 0.3 is 0 Å². The van der Waals surface area contributed by atoms with Crippen LogP contribution in [0.2, 0.25) is 0 Å². The molecule has 3 rings (SSSR count). The van der Waals surface area contributed by atoms with Gasteiger partial charge in [-0.2, -0.15) is 5.10 Å². The van der Waals surface area contributed by atoms with Crippen LogP contribution in [0.15, 0.2) is 24.5 Å². The number of nitrogens with two attached hydrogens (primary N) is 1. The van der Waals surface area contributed by atoms with Crippen molar-refractivity contribution in [1.29, 1.82) is 0 Å². The van der Waals surface area contributed by atoms with E-state index in [0.29, 0.717) is 19.0 Å². The highest BCUT2D eigenvalue weighted by Crippen LogP contribution is 2.32. The van der Waals surface area contributed by atoms with Crippen molar-refractivity contribution in [2.24, 2.45) is 5.73 Å². The number of aromatic amines is 1. The molecule has 0 radical (unpaired) electrons. The molecular formula is C12H14N4O2. The molecule has 0 spiro atoms. The number of benzene rings is 1. The van der Waals surface area contributed by atoms with Gasteiger partial charge in [-0.05, 0) is 17.7 Å². The van der Waals surface area contributed by atoms with Gasteiger partial charge in [0.15, 0.2) is 11.5 Å². The predicted molar refractivity (Wildman–Crippen MR) is 64.5 cm³/mol. The maximum absolute atomic E-state index is 6.10. The second kappa shape index (κ2) is 4.66. The molecule has 0 fully saturated rings. The standard InChI is InChI=1S/C12H14N4O2/c13-11(12-14-7-15-16-12)8-2-3-9-10(6-8)18-5-1-4-17-9/h2-3,6-7,11H,1,4-5,13H2,(H,14,15,16). The van der Waals surface area contributed by atoms with Crippen LogP contribution in [0.4, 0.5) is 0 Å². The normalized spacial score (nSPS) is 16.1. The van der Waals surface area contributed by atoms with Crippen LogP contribution in [0.25, 0.3) is 0 Å². The fraction of sp³-hybridized carbons (Fsp3) is 0.333. The van der Waals surface area contributed by atoms with Crippen LogP contribution in [0.1, 0.15) is 23.9 Å². The molecule has 6 heteroatoms. The van der Waals surface area contributed by atoms with Gasteiger partial charge in [-0.3, -0.25) is 5.10 Å². The van der Waals surface area contributed by atoms with Crippen LogP contribution >= 0.6 is 0 Å². The van der Waals surface area contributed by atoms with E-state index in [1.165, 1.54) is 6.33 Å². The van der Waals surface area contributed by atoms with Gasteiger partial charge in [0, 0.05) is 6.42 Å². The van der Waals surface area contributed by atoms with Crippen LogP contribution in [-0.4, -0.2) is 28.4 Å². The van der Waals surface area contributed by atoms with E-state index >= 15 is 0 Å². The summed E-state index contributed by atoms with van der Waals surface area (Å²) in [5.41, 5.74) is 7.02. The van der Waals surface area contributed by atoms with Crippen LogP contribution in [0.3, 0.4) is 0 Å². The van der Waals surface area contributed by atoms with Gasteiger partial charge < -0.3 is 15.2 Å². The number of nitrogens with zero attached hydrogens (tertiary/aromatic N) is 2. The van der Waals surface area contributed by atoms with Gasteiger partial charge in [-0.25, -0.2) is 4.98 Å². The lowest BCUT2D eigenvalue weighted by Gasteiger charge is -2.12. The lowest BCUT2D eigenvalue weighted by atomic mass is 10.1. The van der Waals surface area contributed by atoms with E-state index in [0.717, 1.165) is 23.5 Å². The number of hydrogen-bond acceptors (Lipinski definition) is 5. The molecule has 18 heavy (non-hydrogen) atoms. The monoisotopic (exact) mass is 246 g/mol. The lowest BCUT2D eigenvalue weighted by Crippen LogP contribution is -2.13. The van der Waals surface area contributed by atoms with Crippen molar-refractivity contribution in [2.45, 2.75) is 12.5 Å². The Morgan fingerprint density at radius 2 is 2.06 bits per heavy atom. The SMILES string of the molecule is NC(c1ccc2c(c1)OCCCO2)c1ncn[nH]1. The number of nitrogens with one attached hydrogen (secondary N) is 1. The van der Waals surface area contributed by atoms with Gasteiger partial charge in [0.2, 0.25) is 0 Å². The number of H-pyrrole nitrogens is 1. The summed E-state index contributed by atoms with van der Waals surface area (Å²) >= 11 is 0. The molecule has 3 N–H and O–H groups in total. The zero-order valence-corrected chi connectivity index (χ0v) is 9.80. The molecule has 1 unspecified atom stereocenters. The lowest BCUT2D eigenvalue weighted by molar-refractivity contribution is 0.297. The molecule has 0 saturated carbocycles.